The van der Waals surface area contributed by atoms with Gasteiger partial charge in [0.05, 0.1) is 12.2 Å². The first-order valence-electron chi connectivity index (χ1n) is 7.34. The van der Waals surface area contributed by atoms with Gasteiger partial charge in [-0.15, -0.1) is 0 Å². The molecule has 2 aliphatic rings. The first-order chi connectivity index (χ1) is 10.2. The molecule has 118 valence electrons. The van der Waals surface area contributed by atoms with Crippen LogP contribution in [0.15, 0.2) is 11.8 Å². The van der Waals surface area contributed by atoms with Crippen LogP contribution in [-0.2, 0) is 14.3 Å². The number of carbonyl (C=O) groups is 2. The Morgan fingerprint density at radius 1 is 1.05 bits per heavy atom. The normalized spacial score (nSPS) is 21.7. The van der Waals surface area contributed by atoms with Gasteiger partial charge in [-0.25, -0.2) is 0 Å². The van der Waals surface area contributed by atoms with Gasteiger partial charge in [0.2, 0.25) is 0 Å². The summed E-state index contributed by atoms with van der Waals surface area (Å²) < 4.78 is 4.86. The van der Waals surface area contributed by atoms with Crippen LogP contribution >= 0.6 is 0 Å². The molecule has 0 radical (unpaired) electrons. The van der Waals surface area contributed by atoms with Crippen molar-refractivity contribution in [1.82, 2.24) is 15.1 Å². The fourth-order valence-corrected chi connectivity index (χ4v) is 2.48. The van der Waals surface area contributed by atoms with E-state index < -0.39 is 0 Å². The van der Waals surface area contributed by atoms with Gasteiger partial charge in [0.15, 0.2) is 11.6 Å². The molecule has 0 spiro atoms. The molecule has 0 atom stereocenters. The van der Waals surface area contributed by atoms with Crippen LogP contribution < -0.4 is 5.32 Å². The minimum Gasteiger partial charge on any atom is -0.395 e. The molecule has 0 saturated carbocycles. The molecule has 0 aliphatic carbocycles. The van der Waals surface area contributed by atoms with Gasteiger partial charge in [-0.3, -0.25) is 19.4 Å². The van der Waals surface area contributed by atoms with E-state index in [1.165, 1.54) is 6.20 Å². The number of aliphatic hydroxyl groups is 1. The van der Waals surface area contributed by atoms with Crippen LogP contribution in [0, 0.1) is 0 Å². The van der Waals surface area contributed by atoms with Crippen LogP contribution in [-0.4, -0.2) is 92.1 Å². The maximum atomic E-state index is 11.5. The molecule has 0 unspecified atom stereocenters. The van der Waals surface area contributed by atoms with Gasteiger partial charge >= 0.3 is 0 Å². The van der Waals surface area contributed by atoms with Crippen LogP contribution in [0.2, 0.25) is 0 Å². The Morgan fingerprint density at radius 3 is 2.19 bits per heavy atom. The number of aliphatic hydroxyl groups excluding tert-OH is 1. The quantitative estimate of drug-likeness (QED) is 0.341. The highest BCUT2D eigenvalue weighted by Crippen LogP contribution is 2.05. The lowest BCUT2D eigenvalue weighted by Gasteiger charge is -2.34. The zero-order chi connectivity index (χ0) is 15.1. The zero-order valence-corrected chi connectivity index (χ0v) is 12.2. The summed E-state index contributed by atoms with van der Waals surface area (Å²) in [4.78, 5) is 27.6. The summed E-state index contributed by atoms with van der Waals surface area (Å²) in [5.74, 6) is -0.507. The van der Waals surface area contributed by atoms with Crippen molar-refractivity contribution in [2.75, 3.05) is 65.6 Å². The third-order valence-corrected chi connectivity index (χ3v) is 3.77. The Balaban J connectivity index is 1.66. The number of β-amino-alcohol motifs (C(OH)–C–C–N with tert-alkyl or cyclic N) is 1. The molecule has 0 aromatic heterocycles. The number of ketones is 2. The Kier molecular flexibility index (Phi) is 6.31. The van der Waals surface area contributed by atoms with E-state index in [4.69, 9.17) is 9.84 Å². The molecule has 2 rings (SSSR count). The second kappa shape index (κ2) is 8.23. The third kappa shape index (κ3) is 4.89. The molecule has 2 aliphatic heterocycles. The van der Waals surface area contributed by atoms with E-state index >= 15 is 0 Å². The van der Waals surface area contributed by atoms with E-state index in [0.29, 0.717) is 6.54 Å². The van der Waals surface area contributed by atoms with E-state index in [9.17, 15) is 9.59 Å². The summed E-state index contributed by atoms with van der Waals surface area (Å²) in [6.45, 7) is 6.39. The molecule has 2 saturated heterocycles. The maximum absolute atomic E-state index is 11.5. The molecule has 21 heavy (non-hydrogen) atoms. The molecule has 7 nitrogen and oxygen atoms in total. The Morgan fingerprint density at radius 2 is 1.62 bits per heavy atom. The molecule has 0 bridgehead atoms. The summed E-state index contributed by atoms with van der Waals surface area (Å²) in [6.07, 6.45) is 1.52. The molecular weight excluding hydrogens is 274 g/mol. The number of carbonyl (C=O) groups excluding carboxylic acids is 2. The predicted octanol–water partition coefficient (Wildman–Crippen LogP) is -1.76. The minimum absolute atomic E-state index is 0.00787. The molecule has 0 aromatic carbocycles. The SMILES string of the molecule is O=C1COCC(=O)C1=CNCCN1CCN(CCO)CC1. The molecule has 7 heteroatoms. The summed E-state index contributed by atoms with van der Waals surface area (Å²) >= 11 is 0. The lowest BCUT2D eigenvalue weighted by molar-refractivity contribution is -0.132. The first kappa shape index (κ1) is 16.1. The van der Waals surface area contributed by atoms with Crippen LogP contribution in [0.4, 0.5) is 0 Å². The highest BCUT2D eigenvalue weighted by atomic mass is 16.5. The molecule has 0 aromatic rings. The van der Waals surface area contributed by atoms with Gasteiger partial charge in [-0.2, -0.15) is 0 Å². The zero-order valence-electron chi connectivity index (χ0n) is 12.2. The summed E-state index contributed by atoms with van der Waals surface area (Å²) in [7, 11) is 0. The maximum Gasteiger partial charge on any atom is 0.193 e. The molecular formula is C14H23N3O4. The lowest BCUT2D eigenvalue weighted by atomic mass is 10.1. The predicted molar refractivity (Wildman–Crippen MR) is 76.9 cm³/mol. The van der Waals surface area contributed by atoms with Gasteiger partial charge in [0.25, 0.3) is 0 Å². The average Bonchev–Trinajstić information content (AvgIpc) is 2.48. The fourth-order valence-electron chi connectivity index (χ4n) is 2.48. The summed E-state index contributed by atoms with van der Waals surface area (Å²) in [6, 6.07) is 0. The van der Waals surface area contributed by atoms with Crippen molar-refractivity contribution in [3.63, 3.8) is 0 Å². The number of rotatable bonds is 6. The summed E-state index contributed by atoms with van der Waals surface area (Å²) in [5, 5.41) is 11.9. The second-order valence-electron chi connectivity index (χ2n) is 5.26. The monoisotopic (exact) mass is 297 g/mol. The third-order valence-electron chi connectivity index (χ3n) is 3.77. The number of hydrogen-bond acceptors (Lipinski definition) is 7. The smallest absolute Gasteiger partial charge is 0.193 e. The summed E-state index contributed by atoms with van der Waals surface area (Å²) in [5.41, 5.74) is 0.217. The van der Waals surface area contributed by atoms with Crippen molar-refractivity contribution in [2.45, 2.75) is 0 Å². The molecule has 2 heterocycles. The van der Waals surface area contributed by atoms with Crippen molar-refractivity contribution in [2.24, 2.45) is 0 Å². The molecule has 2 N–H and O–H groups in total. The average molecular weight is 297 g/mol. The Hall–Kier alpha value is -1.28. The topological polar surface area (TPSA) is 82.1 Å². The highest BCUT2D eigenvalue weighted by Gasteiger charge is 2.23. The number of ether oxygens (including phenoxy) is 1. The van der Waals surface area contributed by atoms with Crippen LogP contribution in [0.1, 0.15) is 0 Å². The molecule has 2 fully saturated rings. The fraction of sp³-hybridized carbons (Fsp3) is 0.714. The standard InChI is InChI=1S/C14H23N3O4/c18-8-7-17-5-3-16(4-6-17)2-1-15-9-12-13(19)10-21-11-14(12)20/h9,15,18H,1-8,10-11H2. The lowest BCUT2D eigenvalue weighted by Crippen LogP contribution is -2.48. The number of nitrogens with one attached hydrogen (secondary N) is 1. The Labute approximate surface area is 124 Å². The van der Waals surface area contributed by atoms with E-state index in [-0.39, 0.29) is 37.0 Å². The number of nitrogens with zero attached hydrogens (tertiary/aromatic N) is 2. The van der Waals surface area contributed by atoms with E-state index in [0.717, 1.165) is 39.3 Å². The van der Waals surface area contributed by atoms with E-state index in [1.807, 2.05) is 0 Å². The van der Waals surface area contributed by atoms with Gasteiger partial charge in [0, 0.05) is 52.0 Å². The largest absolute Gasteiger partial charge is 0.395 e. The van der Waals surface area contributed by atoms with Gasteiger partial charge in [-0.1, -0.05) is 0 Å². The van der Waals surface area contributed by atoms with Gasteiger partial charge < -0.3 is 15.2 Å². The van der Waals surface area contributed by atoms with Crippen molar-refractivity contribution in [3.8, 4) is 0 Å². The van der Waals surface area contributed by atoms with E-state index in [2.05, 4.69) is 15.1 Å². The van der Waals surface area contributed by atoms with Crippen molar-refractivity contribution in [1.29, 1.82) is 0 Å². The van der Waals surface area contributed by atoms with Crippen molar-refractivity contribution < 1.29 is 19.4 Å². The van der Waals surface area contributed by atoms with Crippen LogP contribution in [0.5, 0.6) is 0 Å². The minimum atomic E-state index is -0.253. The van der Waals surface area contributed by atoms with E-state index in [1.54, 1.807) is 0 Å². The number of piperazine rings is 1. The van der Waals surface area contributed by atoms with Crippen molar-refractivity contribution in [3.05, 3.63) is 11.8 Å². The second-order valence-corrected chi connectivity index (χ2v) is 5.26. The highest BCUT2D eigenvalue weighted by molar-refractivity contribution is 6.22. The number of hydrogen-bond donors (Lipinski definition) is 2. The van der Waals surface area contributed by atoms with Gasteiger partial charge in [0.1, 0.15) is 13.2 Å². The Bertz CT molecular complexity index is 385. The van der Waals surface area contributed by atoms with Crippen molar-refractivity contribution >= 4 is 11.6 Å². The van der Waals surface area contributed by atoms with Crippen LogP contribution in [0.25, 0.3) is 0 Å². The van der Waals surface area contributed by atoms with Gasteiger partial charge in [-0.05, 0) is 0 Å². The first-order valence-corrected chi connectivity index (χ1v) is 7.34. The molecule has 0 amide bonds. The van der Waals surface area contributed by atoms with Crippen LogP contribution in [0.3, 0.4) is 0 Å². The number of Topliss-reactive ketones (excluding diaryl/α,β-unsaturated/α-hetero) is 2.